The van der Waals surface area contributed by atoms with Crippen LogP contribution < -0.4 is 5.73 Å². The highest BCUT2D eigenvalue weighted by Gasteiger charge is 2.51. The van der Waals surface area contributed by atoms with E-state index in [1.807, 2.05) is 0 Å². The van der Waals surface area contributed by atoms with Crippen LogP contribution in [0.1, 0.15) is 53.4 Å². The molecule has 3 nitrogen and oxygen atoms in total. The average molecular weight is 267 g/mol. The zero-order valence-electron chi connectivity index (χ0n) is 13.4. The molecule has 0 bridgehead atoms. The quantitative estimate of drug-likeness (QED) is 0.848. The maximum Gasteiger partial charge on any atom is 0.0383 e. The lowest BCUT2D eigenvalue weighted by molar-refractivity contribution is -0.0269. The number of piperazine rings is 1. The summed E-state index contributed by atoms with van der Waals surface area (Å²) in [6.07, 6.45) is 5.22. The SMILES string of the molecule is CCC(C)N1CCN(C2(CN)CCCC2(C)C)CC1. The molecule has 3 heteroatoms. The smallest absolute Gasteiger partial charge is 0.0383 e. The third kappa shape index (κ3) is 2.57. The van der Waals surface area contributed by atoms with Crippen LogP contribution in [0.15, 0.2) is 0 Å². The van der Waals surface area contributed by atoms with Crippen molar-refractivity contribution >= 4 is 0 Å². The van der Waals surface area contributed by atoms with Crippen LogP contribution in [0, 0.1) is 5.41 Å². The van der Waals surface area contributed by atoms with Crippen LogP contribution in [-0.4, -0.2) is 54.1 Å². The van der Waals surface area contributed by atoms with Crippen molar-refractivity contribution in [3.8, 4) is 0 Å². The topological polar surface area (TPSA) is 32.5 Å². The highest BCUT2D eigenvalue weighted by atomic mass is 15.3. The first-order chi connectivity index (χ1) is 8.97. The van der Waals surface area contributed by atoms with Crippen LogP contribution in [0.2, 0.25) is 0 Å². The number of nitrogens with two attached hydrogens (primary N) is 1. The van der Waals surface area contributed by atoms with E-state index >= 15 is 0 Å². The summed E-state index contributed by atoms with van der Waals surface area (Å²) >= 11 is 0. The monoisotopic (exact) mass is 267 g/mol. The fraction of sp³-hybridized carbons (Fsp3) is 1.00. The Balaban J connectivity index is 2.04. The van der Waals surface area contributed by atoms with Crippen LogP contribution in [-0.2, 0) is 0 Å². The van der Waals surface area contributed by atoms with E-state index in [1.165, 1.54) is 51.9 Å². The first kappa shape index (κ1) is 15.3. The lowest BCUT2D eigenvalue weighted by Gasteiger charge is -2.52. The summed E-state index contributed by atoms with van der Waals surface area (Å²) < 4.78 is 0. The Kier molecular flexibility index (Phi) is 4.59. The standard InChI is InChI=1S/C16H33N3/c1-5-14(2)18-9-11-19(12-10-18)16(13-17)8-6-7-15(16,3)4/h14H,5-13,17H2,1-4H3. The molecule has 19 heavy (non-hydrogen) atoms. The van der Waals surface area contributed by atoms with Crippen LogP contribution in [0.5, 0.6) is 0 Å². The average Bonchev–Trinajstić information content (AvgIpc) is 2.73. The maximum atomic E-state index is 6.24. The predicted molar refractivity (Wildman–Crippen MR) is 82.3 cm³/mol. The number of nitrogens with zero attached hydrogens (tertiary/aromatic N) is 2. The Morgan fingerprint density at radius 3 is 2.16 bits per heavy atom. The lowest BCUT2D eigenvalue weighted by atomic mass is 9.73. The van der Waals surface area contributed by atoms with E-state index in [2.05, 4.69) is 37.5 Å². The molecule has 2 fully saturated rings. The van der Waals surface area contributed by atoms with Gasteiger partial charge in [0.1, 0.15) is 0 Å². The van der Waals surface area contributed by atoms with E-state index in [-0.39, 0.29) is 5.54 Å². The molecule has 0 amide bonds. The molecule has 0 aromatic carbocycles. The normalized spacial score (nSPS) is 34.6. The van der Waals surface area contributed by atoms with Gasteiger partial charge in [-0.3, -0.25) is 9.80 Å². The van der Waals surface area contributed by atoms with Gasteiger partial charge in [0.2, 0.25) is 0 Å². The van der Waals surface area contributed by atoms with Crippen molar-refractivity contribution in [3.63, 3.8) is 0 Å². The lowest BCUT2D eigenvalue weighted by Crippen LogP contribution is -2.64. The molecule has 0 spiro atoms. The van der Waals surface area contributed by atoms with Gasteiger partial charge in [0.05, 0.1) is 0 Å². The first-order valence-electron chi connectivity index (χ1n) is 8.16. The Hall–Kier alpha value is -0.120. The van der Waals surface area contributed by atoms with E-state index in [9.17, 15) is 0 Å². The summed E-state index contributed by atoms with van der Waals surface area (Å²) in [5.41, 5.74) is 6.87. The molecule has 112 valence electrons. The van der Waals surface area contributed by atoms with Crippen molar-refractivity contribution in [2.24, 2.45) is 11.1 Å². The zero-order valence-corrected chi connectivity index (χ0v) is 13.4. The molecule has 0 aromatic heterocycles. The molecule has 2 N–H and O–H groups in total. The number of hydrogen-bond donors (Lipinski definition) is 1. The fourth-order valence-corrected chi connectivity index (χ4v) is 4.34. The minimum Gasteiger partial charge on any atom is -0.329 e. The molecular formula is C16H33N3. The van der Waals surface area contributed by atoms with Gasteiger partial charge in [-0.2, -0.15) is 0 Å². The van der Waals surface area contributed by atoms with Crippen molar-refractivity contribution in [2.75, 3.05) is 32.7 Å². The molecule has 2 atom stereocenters. The molecule has 0 radical (unpaired) electrons. The van der Waals surface area contributed by atoms with Gasteiger partial charge in [0, 0.05) is 44.3 Å². The Morgan fingerprint density at radius 1 is 1.11 bits per heavy atom. The van der Waals surface area contributed by atoms with Crippen molar-refractivity contribution < 1.29 is 0 Å². The van der Waals surface area contributed by atoms with Crippen LogP contribution >= 0.6 is 0 Å². The van der Waals surface area contributed by atoms with Crippen molar-refractivity contribution in [1.82, 2.24) is 9.80 Å². The van der Waals surface area contributed by atoms with E-state index in [1.54, 1.807) is 0 Å². The van der Waals surface area contributed by atoms with Gasteiger partial charge >= 0.3 is 0 Å². The number of rotatable bonds is 4. The fourth-order valence-electron chi connectivity index (χ4n) is 4.34. The van der Waals surface area contributed by atoms with Gasteiger partial charge in [0.25, 0.3) is 0 Å². The van der Waals surface area contributed by atoms with Crippen molar-refractivity contribution in [2.45, 2.75) is 65.0 Å². The van der Waals surface area contributed by atoms with Gasteiger partial charge in [-0.1, -0.05) is 27.2 Å². The van der Waals surface area contributed by atoms with Gasteiger partial charge in [-0.05, 0) is 31.6 Å². The second-order valence-corrected chi connectivity index (χ2v) is 7.25. The summed E-state index contributed by atoms with van der Waals surface area (Å²) in [7, 11) is 0. The molecule has 1 saturated carbocycles. The zero-order chi connectivity index (χ0) is 14.1. The molecule has 2 rings (SSSR count). The first-order valence-corrected chi connectivity index (χ1v) is 8.16. The summed E-state index contributed by atoms with van der Waals surface area (Å²) in [4.78, 5) is 5.36. The molecule has 1 aliphatic heterocycles. The second-order valence-electron chi connectivity index (χ2n) is 7.25. The van der Waals surface area contributed by atoms with Crippen LogP contribution in [0.4, 0.5) is 0 Å². The van der Waals surface area contributed by atoms with E-state index in [0.717, 1.165) is 12.6 Å². The van der Waals surface area contributed by atoms with Crippen LogP contribution in [0.3, 0.4) is 0 Å². The third-order valence-electron chi connectivity index (χ3n) is 6.12. The van der Waals surface area contributed by atoms with Gasteiger partial charge in [-0.15, -0.1) is 0 Å². The Morgan fingerprint density at radius 2 is 1.74 bits per heavy atom. The number of hydrogen-bond acceptors (Lipinski definition) is 3. The van der Waals surface area contributed by atoms with E-state index in [0.29, 0.717) is 5.41 Å². The van der Waals surface area contributed by atoms with E-state index in [4.69, 9.17) is 5.73 Å². The minimum absolute atomic E-state index is 0.258. The van der Waals surface area contributed by atoms with Crippen molar-refractivity contribution in [3.05, 3.63) is 0 Å². The summed E-state index contributed by atoms with van der Waals surface area (Å²) in [5.74, 6) is 0. The van der Waals surface area contributed by atoms with Crippen molar-refractivity contribution in [1.29, 1.82) is 0 Å². The van der Waals surface area contributed by atoms with Gasteiger partial charge in [-0.25, -0.2) is 0 Å². The Labute approximate surface area is 119 Å². The van der Waals surface area contributed by atoms with Gasteiger partial charge in [0.15, 0.2) is 0 Å². The maximum absolute atomic E-state index is 6.24. The predicted octanol–water partition coefficient (Wildman–Crippen LogP) is 2.31. The summed E-state index contributed by atoms with van der Waals surface area (Å²) in [6.45, 7) is 15.1. The Bertz CT molecular complexity index is 294. The summed E-state index contributed by atoms with van der Waals surface area (Å²) in [5, 5.41) is 0. The van der Waals surface area contributed by atoms with Crippen LogP contribution in [0.25, 0.3) is 0 Å². The minimum atomic E-state index is 0.258. The van der Waals surface area contributed by atoms with E-state index < -0.39 is 0 Å². The highest BCUT2D eigenvalue weighted by Crippen LogP contribution is 2.49. The largest absolute Gasteiger partial charge is 0.329 e. The highest BCUT2D eigenvalue weighted by molar-refractivity contribution is 5.08. The molecular weight excluding hydrogens is 234 g/mol. The molecule has 2 unspecified atom stereocenters. The third-order valence-corrected chi connectivity index (χ3v) is 6.12. The van der Waals surface area contributed by atoms with Gasteiger partial charge < -0.3 is 5.73 Å². The second kappa shape index (κ2) is 5.71. The molecule has 1 aliphatic carbocycles. The molecule has 1 saturated heterocycles. The summed E-state index contributed by atoms with van der Waals surface area (Å²) in [6, 6.07) is 0.729. The molecule has 0 aromatic rings. The molecule has 2 aliphatic rings. The molecule has 1 heterocycles.